The Morgan fingerprint density at radius 3 is 2.73 bits per heavy atom. The summed E-state index contributed by atoms with van der Waals surface area (Å²) in [6.07, 6.45) is 0. The van der Waals surface area contributed by atoms with Gasteiger partial charge in [-0.3, -0.25) is 0 Å². The quantitative estimate of drug-likeness (QED) is 0.660. The van der Waals surface area contributed by atoms with Gasteiger partial charge in [0.05, 0.1) is 0 Å². The Bertz CT molecular complexity index is 250. The first-order chi connectivity index (χ1) is 5.25. The van der Waals surface area contributed by atoms with Crippen LogP contribution in [0.25, 0.3) is 0 Å². The van der Waals surface area contributed by atoms with E-state index in [1.54, 1.807) is 0 Å². The van der Waals surface area contributed by atoms with Crippen LogP contribution in [-0.2, 0) is 0 Å². The summed E-state index contributed by atoms with van der Waals surface area (Å²) in [6, 6.07) is 3.50. The van der Waals surface area contributed by atoms with E-state index in [0.29, 0.717) is 0 Å². The normalized spacial score (nSPS) is 9.73. The number of hydrogen-bond donors (Lipinski definition) is 1. The van der Waals surface area contributed by atoms with Gasteiger partial charge in [-0.15, -0.1) is 0 Å². The molecule has 0 aliphatic rings. The second-order valence-electron chi connectivity index (χ2n) is 1.83. The van der Waals surface area contributed by atoms with Crippen molar-refractivity contribution in [3.63, 3.8) is 0 Å². The van der Waals surface area contributed by atoms with Gasteiger partial charge in [0.25, 0.3) is 0 Å². The molecule has 0 aliphatic heterocycles. The molecule has 1 aromatic rings. The maximum Gasteiger partial charge on any atom is 0.200 e. The Hall–Kier alpha value is -1.16. The minimum atomic E-state index is -1.08. The summed E-state index contributed by atoms with van der Waals surface area (Å²) in [5, 5.41) is 8.22. The van der Waals surface area contributed by atoms with E-state index in [0.717, 1.165) is 6.07 Å². The fraction of sp³-hybridized carbons (Fsp3) is 0.143. The number of rotatable bonds is 2. The molecule has 2 nitrogen and oxygen atoms in total. The van der Waals surface area contributed by atoms with Gasteiger partial charge in [0, 0.05) is 0 Å². The highest BCUT2D eigenvalue weighted by molar-refractivity contribution is 5.24. The van der Waals surface area contributed by atoms with Crippen LogP contribution in [0.3, 0.4) is 0 Å². The third-order valence-electron chi connectivity index (χ3n) is 1.14. The molecule has 0 atom stereocenters. The zero-order valence-corrected chi connectivity index (χ0v) is 5.55. The summed E-state index contributed by atoms with van der Waals surface area (Å²) in [5.41, 5.74) is 0. The van der Waals surface area contributed by atoms with Crippen molar-refractivity contribution in [2.75, 3.05) is 6.79 Å². The molecule has 0 aliphatic carbocycles. The van der Waals surface area contributed by atoms with Gasteiger partial charge in [-0.05, 0) is 12.1 Å². The van der Waals surface area contributed by atoms with Gasteiger partial charge < -0.3 is 9.84 Å². The summed E-state index contributed by atoms with van der Waals surface area (Å²) in [4.78, 5) is 0. The molecule has 60 valence electrons. The third kappa shape index (κ3) is 1.65. The molecule has 0 saturated heterocycles. The zero-order valence-electron chi connectivity index (χ0n) is 5.55. The number of aliphatic hydroxyl groups is 1. The fourth-order valence-electron chi connectivity index (χ4n) is 0.665. The summed E-state index contributed by atoms with van der Waals surface area (Å²) in [6.45, 7) is -0.666. The molecule has 0 spiro atoms. The molecule has 1 N–H and O–H groups in total. The van der Waals surface area contributed by atoms with E-state index in [1.807, 2.05) is 0 Å². The lowest BCUT2D eigenvalue weighted by atomic mass is 10.3. The standard InChI is InChI=1S/C7H6F2O2/c8-5-2-1-3-6(7(5)9)11-4-10/h1-3,10H,4H2. The predicted octanol–water partition coefficient (Wildman–Crippen LogP) is 1.29. The van der Waals surface area contributed by atoms with Crippen LogP contribution in [0.15, 0.2) is 18.2 Å². The van der Waals surface area contributed by atoms with E-state index in [9.17, 15) is 8.78 Å². The van der Waals surface area contributed by atoms with Gasteiger partial charge in [-0.25, -0.2) is 4.39 Å². The molecule has 11 heavy (non-hydrogen) atoms. The van der Waals surface area contributed by atoms with Crippen LogP contribution in [0, 0.1) is 11.6 Å². The molecular weight excluding hydrogens is 154 g/mol. The number of aliphatic hydroxyl groups excluding tert-OH is 1. The molecule has 0 fully saturated rings. The monoisotopic (exact) mass is 160 g/mol. The average Bonchev–Trinajstić information content (AvgIpc) is 1.99. The molecule has 1 rings (SSSR count). The molecule has 0 aromatic heterocycles. The van der Waals surface area contributed by atoms with Gasteiger partial charge in [0.1, 0.15) is 0 Å². The van der Waals surface area contributed by atoms with E-state index in [1.165, 1.54) is 12.1 Å². The highest BCUT2D eigenvalue weighted by atomic mass is 19.2. The van der Waals surface area contributed by atoms with Crippen LogP contribution < -0.4 is 4.74 Å². The van der Waals surface area contributed by atoms with Crippen LogP contribution in [-0.4, -0.2) is 11.9 Å². The molecule has 0 radical (unpaired) electrons. The average molecular weight is 160 g/mol. The summed E-state index contributed by atoms with van der Waals surface area (Å²) >= 11 is 0. The van der Waals surface area contributed by atoms with E-state index in [4.69, 9.17) is 5.11 Å². The number of benzene rings is 1. The maximum absolute atomic E-state index is 12.6. The topological polar surface area (TPSA) is 29.5 Å². The highest BCUT2D eigenvalue weighted by Gasteiger charge is 2.06. The molecule has 1 aromatic carbocycles. The molecule has 0 saturated carbocycles. The largest absolute Gasteiger partial charge is 0.465 e. The van der Waals surface area contributed by atoms with Crippen molar-refractivity contribution in [1.82, 2.24) is 0 Å². The van der Waals surface area contributed by atoms with Crippen LogP contribution in [0.4, 0.5) is 8.78 Å². The van der Waals surface area contributed by atoms with Crippen LogP contribution in [0.1, 0.15) is 0 Å². The van der Waals surface area contributed by atoms with Crippen molar-refractivity contribution in [2.24, 2.45) is 0 Å². The van der Waals surface area contributed by atoms with E-state index >= 15 is 0 Å². The predicted molar refractivity (Wildman–Crippen MR) is 34.1 cm³/mol. The van der Waals surface area contributed by atoms with E-state index in [2.05, 4.69) is 4.74 Å². The van der Waals surface area contributed by atoms with Crippen LogP contribution in [0.2, 0.25) is 0 Å². The van der Waals surface area contributed by atoms with Crippen molar-refractivity contribution < 1.29 is 18.6 Å². The number of ether oxygens (including phenoxy) is 1. The minimum Gasteiger partial charge on any atom is -0.465 e. The highest BCUT2D eigenvalue weighted by Crippen LogP contribution is 2.18. The van der Waals surface area contributed by atoms with Crippen molar-refractivity contribution >= 4 is 0 Å². The van der Waals surface area contributed by atoms with Gasteiger partial charge in [0.2, 0.25) is 5.82 Å². The number of halogens is 2. The maximum atomic E-state index is 12.6. The Labute approximate surface area is 62.0 Å². The summed E-state index contributed by atoms with van der Waals surface area (Å²) < 4.78 is 29.3. The molecule has 0 bridgehead atoms. The van der Waals surface area contributed by atoms with Crippen molar-refractivity contribution in [1.29, 1.82) is 0 Å². The molecule has 4 heteroatoms. The Morgan fingerprint density at radius 2 is 2.09 bits per heavy atom. The lowest BCUT2D eigenvalue weighted by molar-refractivity contribution is 0.0936. The van der Waals surface area contributed by atoms with Crippen molar-refractivity contribution in [3.05, 3.63) is 29.8 Å². The minimum absolute atomic E-state index is 0.285. The lowest BCUT2D eigenvalue weighted by Crippen LogP contribution is -1.98. The second kappa shape index (κ2) is 3.30. The van der Waals surface area contributed by atoms with Gasteiger partial charge in [-0.1, -0.05) is 6.07 Å². The molecule has 0 heterocycles. The smallest absolute Gasteiger partial charge is 0.200 e. The molecule has 0 unspecified atom stereocenters. The number of hydrogen-bond acceptors (Lipinski definition) is 2. The fourth-order valence-corrected chi connectivity index (χ4v) is 0.665. The van der Waals surface area contributed by atoms with Crippen molar-refractivity contribution in [2.45, 2.75) is 0 Å². The van der Waals surface area contributed by atoms with E-state index in [-0.39, 0.29) is 5.75 Å². The first-order valence-corrected chi connectivity index (χ1v) is 2.93. The van der Waals surface area contributed by atoms with E-state index < -0.39 is 18.4 Å². The first-order valence-electron chi connectivity index (χ1n) is 2.93. The van der Waals surface area contributed by atoms with Crippen LogP contribution >= 0.6 is 0 Å². The summed E-state index contributed by atoms with van der Waals surface area (Å²) in [5.74, 6) is -2.36. The van der Waals surface area contributed by atoms with Crippen molar-refractivity contribution in [3.8, 4) is 5.75 Å². The second-order valence-corrected chi connectivity index (χ2v) is 1.83. The Kier molecular flexibility index (Phi) is 2.38. The molecule has 0 amide bonds. The first kappa shape index (κ1) is 7.94. The van der Waals surface area contributed by atoms with Gasteiger partial charge in [0.15, 0.2) is 18.4 Å². The van der Waals surface area contributed by atoms with Gasteiger partial charge >= 0.3 is 0 Å². The Morgan fingerprint density at radius 1 is 1.36 bits per heavy atom. The SMILES string of the molecule is OCOc1cccc(F)c1F. The molecular formula is C7H6F2O2. The Balaban J connectivity index is 2.96. The third-order valence-corrected chi connectivity index (χ3v) is 1.14. The van der Waals surface area contributed by atoms with Gasteiger partial charge in [-0.2, -0.15) is 4.39 Å². The zero-order chi connectivity index (χ0) is 8.27. The summed E-state index contributed by atoms with van der Waals surface area (Å²) in [7, 11) is 0. The lowest BCUT2D eigenvalue weighted by Gasteiger charge is -2.02. The van der Waals surface area contributed by atoms with Crippen LogP contribution in [0.5, 0.6) is 5.75 Å².